The Morgan fingerprint density at radius 1 is 1.32 bits per heavy atom. The van der Waals surface area contributed by atoms with Gasteiger partial charge < -0.3 is 9.80 Å². The molecule has 19 heavy (non-hydrogen) atoms. The van der Waals surface area contributed by atoms with E-state index in [4.69, 9.17) is 0 Å². The van der Waals surface area contributed by atoms with E-state index in [0.717, 1.165) is 44.8 Å². The number of hydrogen-bond acceptors (Lipinski definition) is 4. The lowest BCUT2D eigenvalue weighted by atomic mass is 9.84. The summed E-state index contributed by atoms with van der Waals surface area (Å²) in [6, 6.07) is 1.84. The largest absolute Gasteiger partial charge is 0.340 e. The van der Waals surface area contributed by atoms with Crippen molar-refractivity contribution >= 4 is 11.9 Å². The van der Waals surface area contributed by atoms with Gasteiger partial charge in [-0.2, -0.15) is 0 Å². The smallest absolute Gasteiger partial charge is 0.225 e. The van der Waals surface area contributed by atoms with E-state index in [9.17, 15) is 4.79 Å². The summed E-state index contributed by atoms with van der Waals surface area (Å²) in [6.45, 7) is 4.77. The van der Waals surface area contributed by atoms with E-state index < -0.39 is 0 Å². The van der Waals surface area contributed by atoms with Crippen molar-refractivity contribution in [2.24, 2.45) is 0 Å². The Kier molecular flexibility index (Phi) is 3.12. The molecule has 5 heteroatoms. The predicted molar refractivity (Wildman–Crippen MR) is 72.8 cm³/mol. The van der Waals surface area contributed by atoms with Gasteiger partial charge in [-0.15, -0.1) is 0 Å². The van der Waals surface area contributed by atoms with Gasteiger partial charge in [0, 0.05) is 38.4 Å². The number of likely N-dealkylation sites (tertiary alicyclic amines) is 1. The van der Waals surface area contributed by atoms with E-state index in [1.165, 1.54) is 0 Å². The molecule has 1 atom stereocenters. The van der Waals surface area contributed by atoms with Crippen LogP contribution in [0.25, 0.3) is 0 Å². The average molecular weight is 260 g/mol. The lowest BCUT2D eigenvalue weighted by molar-refractivity contribution is -0.130. The van der Waals surface area contributed by atoms with Crippen LogP contribution >= 0.6 is 0 Å². The summed E-state index contributed by atoms with van der Waals surface area (Å²) in [5.41, 5.74) is 0.102. The first-order valence-electron chi connectivity index (χ1n) is 7.08. The third-order valence-electron chi connectivity index (χ3n) is 4.32. The standard InChI is InChI=1S/C14H20N4O/c1-2-4-12(19)17-9-5-14(11-17)6-10-18(14)13-15-7-3-8-16-13/h3,7-8H,2,4-6,9-11H2,1H3. The summed E-state index contributed by atoms with van der Waals surface area (Å²) in [7, 11) is 0. The normalized spacial score (nSPS) is 25.7. The van der Waals surface area contributed by atoms with Crippen molar-refractivity contribution < 1.29 is 4.79 Å². The lowest BCUT2D eigenvalue weighted by Crippen LogP contribution is -2.62. The number of hydrogen-bond donors (Lipinski definition) is 0. The molecule has 2 saturated heterocycles. The van der Waals surface area contributed by atoms with Gasteiger partial charge in [0.2, 0.25) is 11.9 Å². The van der Waals surface area contributed by atoms with Crippen LogP contribution < -0.4 is 4.90 Å². The van der Waals surface area contributed by atoms with Crippen LogP contribution in [0.5, 0.6) is 0 Å². The van der Waals surface area contributed by atoms with Gasteiger partial charge in [-0.05, 0) is 25.3 Å². The van der Waals surface area contributed by atoms with Gasteiger partial charge in [-0.3, -0.25) is 4.79 Å². The third-order valence-corrected chi connectivity index (χ3v) is 4.32. The van der Waals surface area contributed by atoms with Crippen LogP contribution in [0, 0.1) is 0 Å². The lowest BCUT2D eigenvalue weighted by Gasteiger charge is -2.50. The predicted octanol–water partition coefficient (Wildman–Crippen LogP) is 1.46. The molecule has 5 nitrogen and oxygen atoms in total. The molecule has 2 aliphatic heterocycles. The zero-order chi connectivity index (χ0) is 13.3. The van der Waals surface area contributed by atoms with Crippen molar-refractivity contribution in [2.45, 2.75) is 38.1 Å². The first kappa shape index (κ1) is 12.4. The van der Waals surface area contributed by atoms with E-state index in [2.05, 4.69) is 21.8 Å². The minimum absolute atomic E-state index is 0.102. The van der Waals surface area contributed by atoms with E-state index >= 15 is 0 Å². The Morgan fingerprint density at radius 2 is 2.05 bits per heavy atom. The third kappa shape index (κ3) is 2.07. The van der Waals surface area contributed by atoms with Crippen LogP contribution in [0.15, 0.2) is 18.5 Å². The van der Waals surface area contributed by atoms with Crippen molar-refractivity contribution in [2.75, 3.05) is 24.5 Å². The number of anilines is 1. The van der Waals surface area contributed by atoms with Crippen molar-refractivity contribution in [1.82, 2.24) is 14.9 Å². The minimum atomic E-state index is 0.102. The molecule has 0 N–H and O–H groups in total. The highest BCUT2D eigenvalue weighted by Gasteiger charge is 2.51. The zero-order valence-corrected chi connectivity index (χ0v) is 11.4. The van der Waals surface area contributed by atoms with Crippen LogP contribution in [-0.2, 0) is 4.79 Å². The van der Waals surface area contributed by atoms with Gasteiger partial charge in [-0.25, -0.2) is 9.97 Å². The maximum absolute atomic E-state index is 12.0. The van der Waals surface area contributed by atoms with E-state index in [1.807, 2.05) is 11.0 Å². The second-order valence-corrected chi connectivity index (χ2v) is 5.49. The summed E-state index contributed by atoms with van der Waals surface area (Å²) >= 11 is 0. The summed E-state index contributed by atoms with van der Waals surface area (Å²) in [6.07, 6.45) is 7.33. The number of carbonyl (C=O) groups is 1. The molecule has 1 amide bonds. The molecule has 0 saturated carbocycles. The molecule has 0 aromatic carbocycles. The van der Waals surface area contributed by atoms with E-state index in [1.54, 1.807) is 12.4 Å². The van der Waals surface area contributed by atoms with Gasteiger partial charge >= 0.3 is 0 Å². The highest BCUT2D eigenvalue weighted by atomic mass is 16.2. The Hall–Kier alpha value is -1.65. The van der Waals surface area contributed by atoms with Crippen LogP contribution in [0.1, 0.15) is 32.6 Å². The van der Waals surface area contributed by atoms with Crippen LogP contribution in [0.3, 0.4) is 0 Å². The summed E-state index contributed by atoms with van der Waals surface area (Å²) in [4.78, 5) is 24.9. The van der Waals surface area contributed by atoms with Crippen molar-refractivity contribution in [3.8, 4) is 0 Å². The maximum atomic E-state index is 12.0. The molecule has 1 aromatic heterocycles. The number of rotatable bonds is 3. The second-order valence-electron chi connectivity index (χ2n) is 5.49. The topological polar surface area (TPSA) is 49.3 Å². The summed E-state index contributed by atoms with van der Waals surface area (Å²) in [5, 5.41) is 0. The fourth-order valence-electron chi connectivity index (χ4n) is 3.15. The molecule has 0 bridgehead atoms. The molecule has 1 unspecified atom stereocenters. The molecule has 2 fully saturated rings. The fraction of sp³-hybridized carbons (Fsp3) is 0.643. The van der Waals surface area contributed by atoms with Crippen LogP contribution in [0.2, 0.25) is 0 Å². The van der Waals surface area contributed by atoms with Gasteiger partial charge in [0.1, 0.15) is 0 Å². The number of carbonyl (C=O) groups excluding carboxylic acids is 1. The van der Waals surface area contributed by atoms with Gasteiger partial charge in [-0.1, -0.05) is 6.92 Å². The minimum Gasteiger partial charge on any atom is -0.340 e. The fourth-order valence-corrected chi connectivity index (χ4v) is 3.15. The van der Waals surface area contributed by atoms with Crippen molar-refractivity contribution in [3.05, 3.63) is 18.5 Å². The molecule has 3 rings (SSSR count). The number of aromatic nitrogens is 2. The molecule has 102 valence electrons. The molecule has 1 aromatic rings. The summed E-state index contributed by atoms with van der Waals surface area (Å²) < 4.78 is 0. The average Bonchev–Trinajstić information content (AvgIpc) is 2.86. The highest BCUT2D eigenvalue weighted by Crippen LogP contribution is 2.40. The molecular formula is C14H20N4O. The van der Waals surface area contributed by atoms with E-state index in [0.29, 0.717) is 12.3 Å². The monoisotopic (exact) mass is 260 g/mol. The first-order chi connectivity index (χ1) is 9.25. The first-order valence-corrected chi connectivity index (χ1v) is 7.08. The van der Waals surface area contributed by atoms with Crippen molar-refractivity contribution in [3.63, 3.8) is 0 Å². The summed E-state index contributed by atoms with van der Waals surface area (Å²) in [5.74, 6) is 1.10. The Bertz CT molecular complexity index is 464. The second kappa shape index (κ2) is 4.79. The van der Waals surface area contributed by atoms with Crippen molar-refractivity contribution in [1.29, 1.82) is 0 Å². The van der Waals surface area contributed by atoms with E-state index in [-0.39, 0.29) is 5.54 Å². The Labute approximate surface area is 113 Å². The molecular weight excluding hydrogens is 240 g/mol. The van der Waals surface area contributed by atoms with Gasteiger partial charge in [0.25, 0.3) is 0 Å². The van der Waals surface area contributed by atoms with Crippen LogP contribution in [-0.4, -0.2) is 45.9 Å². The quantitative estimate of drug-likeness (QED) is 0.825. The highest BCUT2D eigenvalue weighted by molar-refractivity contribution is 5.76. The Balaban J connectivity index is 1.71. The SMILES string of the molecule is CCCC(=O)N1CCC2(CCN2c2ncccn2)C1. The molecule has 1 spiro atoms. The molecule has 0 aliphatic carbocycles. The van der Waals surface area contributed by atoms with Gasteiger partial charge in [0.05, 0.1) is 5.54 Å². The molecule has 3 heterocycles. The number of amides is 1. The Morgan fingerprint density at radius 3 is 2.68 bits per heavy atom. The zero-order valence-electron chi connectivity index (χ0n) is 11.4. The molecule has 0 radical (unpaired) electrons. The van der Waals surface area contributed by atoms with Crippen LogP contribution in [0.4, 0.5) is 5.95 Å². The number of nitrogens with zero attached hydrogens (tertiary/aromatic N) is 4. The van der Waals surface area contributed by atoms with Gasteiger partial charge in [0.15, 0.2) is 0 Å². The maximum Gasteiger partial charge on any atom is 0.225 e. The molecule has 2 aliphatic rings.